The Labute approximate surface area is 113 Å². The van der Waals surface area contributed by atoms with Gasteiger partial charge in [0.2, 0.25) is 5.91 Å². The maximum atomic E-state index is 12.1. The van der Waals surface area contributed by atoms with Gasteiger partial charge in [-0.15, -0.1) is 0 Å². The Hall–Kier alpha value is -2.23. The molecule has 2 aromatic rings. The van der Waals surface area contributed by atoms with Gasteiger partial charge >= 0.3 is 0 Å². The summed E-state index contributed by atoms with van der Waals surface area (Å²) in [4.78, 5) is 12.1. The van der Waals surface area contributed by atoms with E-state index in [2.05, 4.69) is 10.7 Å². The zero-order valence-electron chi connectivity index (χ0n) is 11.5. The fraction of sp³-hybridized carbons (Fsp3) is 0.267. The number of hydrogen-bond donors (Lipinski definition) is 2. The number of amides is 1. The number of anilines is 1. The highest BCUT2D eigenvalue weighted by atomic mass is 16.2. The van der Waals surface area contributed by atoms with Gasteiger partial charge in [0.15, 0.2) is 0 Å². The van der Waals surface area contributed by atoms with Gasteiger partial charge < -0.3 is 10.7 Å². The van der Waals surface area contributed by atoms with Gasteiger partial charge in [0.05, 0.1) is 0 Å². The molecule has 1 amide bonds. The first-order chi connectivity index (χ1) is 9.08. The molecule has 0 aliphatic heterocycles. The zero-order chi connectivity index (χ0) is 13.8. The summed E-state index contributed by atoms with van der Waals surface area (Å²) in [5, 5.41) is 2.88. The van der Waals surface area contributed by atoms with Crippen molar-refractivity contribution < 1.29 is 4.79 Å². The van der Waals surface area contributed by atoms with Gasteiger partial charge in [-0.25, -0.2) is 0 Å². The van der Waals surface area contributed by atoms with Crippen LogP contribution in [0.3, 0.4) is 0 Å². The number of nitrogens with one attached hydrogen (secondary N) is 2. The summed E-state index contributed by atoms with van der Waals surface area (Å²) in [5.74, 6) is -0.0568. The lowest BCUT2D eigenvalue weighted by Gasteiger charge is -2.19. The monoisotopic (exact) mass is 257 g/mol. The molecular weight excluding hydrogens is 238 g/mol. The van der Waals surface area contributed by atoms with Gasteiger partial charge in [-0.05, 0) is 45.0 Å². The fourth-order valence-corrected chi connectivity index (χ4v) is 1.90. The van der Waals surface area contributed by atoms with Crippen molar-refractivity contribution in [3.05, 3.63) is 53.9 Å². The van der Waals surface area contributed by atoms with Gasteiger partial charge in [0.25, 0.3) is 0 Å². The summed E-state index contributed by atoms with van der Waals surface area (Å²) in [5.41, 5.74) is 6.15. The van der Waals surface area contributed by atoms with Gasteiger partial charge in [0, 0.05) is 17.1 Å². The van der Waals surface area contributed by atoms with E-state index < -0.39 is 0 Å². The van der Waals surface area contributed by atoms with Gasteiger partial charge in [-0.1, -0.05) is 18.2 Å². The van der Waals surface area contributed by atoms with Crippen LogP contribution < -0.4 is 10.7 Å². The molecule has 100 valence electrons. The molecular formula is C15H19N3O. The van der Waals surface area contributed by atoms with Crippen LogP contribution in [0.5, 0.6) is 0 Å². The minimum Gasteiger partial charge on any atom is -0.324 e. The molecule has 1 aromatic heterocycles. The Bertz CT molecular complexity index is 541. The minimum atomic E-state index is -0.315. The summed E-state index contributed by atoms with van der Waals surface area (Å²) in [6.07, 6.45) is 0. The van der Waals surface area contributed by atoms with E-state index >= 15 is 0 Å². The van der Waals surface area contributed by atoms with E-state index in [9.17, 15) is 4.79 Å². The Kier molecular flexibility index (Phi) is 3.90. The van der Waals surface area contributed by atoms with Crippen molar-refractivity contribution in [2.45, 2.75) is 26.8 Å². The number of carbonyl (C=O) groups is 1. The lowest BCUT2D eigenvalue weighted by Crippen LogP contribution is -2.37. The van der Waals surface area contributed by atoms with E-state index in [0.717, 1.165) is 17.1 Å². The lowest BCUT2D eigenvalue weighted by atomic mass is 10.3. The van der Waals surface area contributed by atoms with Gasteiger partial charge in [-0.3, -0.25) is 9.47 Å². The Morgan fingerprint density at radius 3 is 2.21 bits per heavy atom. The lowest BCUT2D eigenvalue weighted by molar-refractivity contribution is -0.116. The second-order valence-electron chi connectivity index (χ2n) is 4.66. The SMILES string of the molecule is Cc1ccc(C)n1NC(C)C(=O)Nc1ccccc1. The second kappa shape index (κ2) is 5.61. The predicted octanol–water partition coefficient (Wildman–Crippen LogP) is 2.68. The van der Waals surface area contributed by atoms with Crippen LogP contribution in [0.15, 0.2) is 42.5 Å². The average Bonchev–Trinajstić information content (AvgIpc) is 2.71. The molecule has 0 aliphatic rings. The molecule has 1 atom stereocenters. The molecule has 0 bridgehead atoms. The van der Waals surface area contributed by atoms with Crippen LogP contribution in [-0.4, -0.2) is 16.6 Å². The number of rotatable bonds is 4. The summed E-state index contributed by atoms with van der Waals surface area (Å²) in [6, 6.07) is 13.2. The molecule has 4 heteroatoms. The summed E-state index contributed by atoms with van der Waals surface area (Å²) < 4.78 is 1.93. The van der Waals surface area contributed by atoms with Gasteiger partial charge in [0.1, 0.15) is 6.04 Å². The molecule has 1 aromatic carbocycles. The van der Waals surface area contributed by atoms with Crippen LogP contribution in [0.4, 0.5) is 5.69 Å². The third kappa shape index (κ3) is 3.16. The molecule has 2 N–H and O–H groups in total. The summed E-state index contributed by atoms with van der Waals surface area (Å²) >= 11 is 0. The Morgan fingerprint density at radius 1 is 1.05 bits per heavy atom. The third-order valence-corrected chi connectivity index (χ3v) is 3.03. The standard InChI is InChI=1S/C15H19N3O/c1-11-9-10-12(2)18(11)17-13(3)15(19)16-14-7-5-4-6-8-14/h4-10,13,17H,1-3H3,(H,16,19). The number of carbonyl (C=O) groups excluding carboxylic acids is 1. The molecule has 0 fully saturated rings. The van der Waals surface area contributed by atoms with E-state index in [-0.39, 0.29) is 11.9 Å². The predicted molar refractivity (Wildman–Crippen MR) is 77.8 cm³/mol. The highest BCUT2D eigenvalue weighted by Gasteiger charge is 2.14. The first kappa shape index (κ1) is 13.2. The molecule has 19 heavy (non-hydrogen) atoms. The van der Waals surface area contributed by atoms with Crippen LogP contribution in [0.1, 0.15) is 18.3 Å². The Balaban J connectivity index is 2.00. The van der Waals surface area contributed by atoms with Crippen molar-refractivity contribution in [3.8, 4) is 0 Å². The van der Waals surface area contributed by atoms with E-state index in [0.29, 0.717) is 0 Å². The first-order valence-electron chi connectivity index (χ1n) is 6.35. The number of nitrogens with zero attached hydrogens (tertiary/aromatic N) is 1. The topological polar surface area (TPSA) is 46.1 Å². The van der Waals surface area contributed by atoms with Gasteiger partial charge in [-0.2, -0.15) is 0 Å². The van der Waals surface area contributed by atoms with Crippen LogP contribution >= 0.6 is 0 Å². The molecule has 0 saturated heterocycles. The second-order valence-corrected chi connectivity index (χ2v) is 4.66. The van der Waals surface area contributed by atoms with Crippen molar-refractivity contribution in [2.75, 3.05) is 10.7 Å². The van der Waals surface area contributed by atoms with Crippen molar-refractivity contribution in [1.82, 2.24) is 4.68 Å². The van der Waals surface area contributed by atoms with E-state index in [4.69, 9.17) is 0 Å². The molecule has 2 rings (SSSR count). The largest absolute Gasteiger partial charge is 0.324 e. The van der Waals surface area contributed by atoms with Crippen molar-refractivity contribution in [2.24, 2.45) is 0 Å². The van der Waals surface area contributed by atoms with E-state index in [1.165, 1.54) is 0 Å². The molecule has 4 nitrogen and oxygen atoms in total. The first-order valence-corrected chi connectivity index (χ1v) is 6.35. The highest BCUT2D eigenvalue weighted by molar-refractivity contribution is 5.95. The zero-order valence-corrected chi connectivity index (χ0v) is 11.5. The third-order valence-electron chi connectivity index (χ3n) is 3.03. The maximum absolute atomic E-state index is 12.1. The van der Waals surface area contributed by atoms with Crippen LogP contribution in [-0.2, 0) is 4.79 Å². The van der Waals surface area contributed by atoms with E-state index in [1.807, 2.05) is 67.9 Å². The number of para-hydroxylation sites is 1. The van der Waals surface area contributed by atoms with Crippen LogP contribution in [0.2, 0.25) is 0 Å². The quantitative estimate of drug-likeness (QED) is 0.884. The molecule has 1 heterocycles. The fourth-order valence-electron chi connectivity index (χ4n) is 1.90. The number of benzene rings is 1. The van der Waals surface area contributed by atoms with Crippen molar-refractivity contribution in [3.63, 3.8) is 0 Å². The van der Waals surface area contributed by atoms with Crippen molar-refractivity contribution >= 4 is 11.6 Å². The number of hydrogen-bond acceptors (Lipinski definition) is 2. The minimum absolute atomic E-state index is 0.0568. The maximum Gasteiger partial charge on any atom is 0.248 e. The van der Waals surface area contributed by atoms with Crippen molar-refractivity contribution in [1.29, 1.82) is 0 Å². The van der Waals surface area contributed by atoms with Crippen LogP contribution in [0.25, 0.3) is 0 Å². The smallest absolute Gasteiger partial charge is 0.248 e. The normalized spacial score (nSPS) is 11.9. The van der Waals surface area contributed by atoms with E-state index in [1.54, 1.807) is 0 Å². The summed E-state index contributed by atoms with van der Waals surface area (Å²) in [6.45, 7) is 5.85. The molecule has 0 saturated carbocycles. The molecule has 1 unspecified atom stereocenters. The average molecular weight is 257 g/mol. The molecule has 0 radical (unpaired) electrons. The van der Waals surface area contributed by atoms with Crippen LogP contribution in [0, 0.1) is 13.8 Å². The Morgan fingerprint density at radius 2 is 1.63 bits per heavy atom. The molecule has 0 spiro atoms. The highest BCUT2D eigenvalue weighted by Crippen LogP contribution is 2.08. The molecule has 0 aliphatic carbocycles. The number of aryl methyl sites for hydroxylation is 2. The number of aromatic nitrogens is 1. The summed E-state index contributed by atoms with van der Waals surface area (Å²) in [7, 11) is 0.